The zero-order valence-electron chi connectivity index (χ0n) is 57.6. The second kappa shape index (κ2) is 34.3. The molecular formula is C68H93N11O19S2. The van der Waals surface area contributed by atoms with E-state index in [4.69, 9.17) is 0 Å². The largest absolute Gasteiger partial charge is 0.394 e. The fourth-order valence-electron chi connectivity index (χ4n) is 12.6. The number of aromatic nitrogens is 1. The smallest absolute Gasteiger partial charge is 0.243 e. The number of carbonyl (C=O) groups excluding carboxylic acids is 14. The van der Waals surface area contributed by atoms with Crippen LogP contribution in [0.25, 0.3) is 10.9 Å². The van der Waals surface area contributed by atoms with E-state index < -0.39 is 227 Å². The number of ketones is 3. The molecule has 100 heavy (non-hydrogen) atoms. The van der Waals surface area contributed by atoms with Gasteiger partial charge in [-0.1, -0.05) is 99.1 Å². The molecule has 13 atom stereocenters. The molecule has 1 aromatic heterocycles. The average Bonchev–Trinajstić information content (AvgIpc) is 1.61. The molecule has 4 aliphatic heterocycles. The molecule has 7 rings (SSSR count). The van der Waals surface area contributed by atoms with Crippen LogP contribution in [0.2, 0.25) is 0 Å². The van der Waals surface area contributed by atoms with Crippen molar-refractivity contribution in [3.63, 3.8) is 0 Å². The lowest BCUT2D eigenvalue weighted by Gasteiger charge is -2.32. The number of Topliss-reactive ketones (excluding diaryl/α,β-unsaturated/α-hetero) is 3. The van der Waals surface area contributed by atoms with Crippen molar-refractivity contribution in [1.29, 1.82) is 0 Å². The molecular weight excluding hydrogens is 1340 g/mol. The average molecular weight is 1430 g/mol. The lowest BCUT2D eigenvalue weighted by molar-refractivity contribution is -0.145. The highest BCUT2D eigenvalue weighted by Gasteiger charge is 2.47. The van der Waals surface area contributed by atoms with Crippen molar-refractivity contribution in [3.05, 3.63) is 59.7 Å². The van der Waals surface area contributed by atoms with Crippen LogP contribution in [0.3, 0.4) is 0 Å². The molecule has 1 unspecified atom stereocenters. The number of nitrogens with one attached hydrogen (secondary N) is 9. The number of para-hydroxylation sites is 1. The number of benzene rings is 2. The van der Waals surface area contributed by atoms with Crippen molar-refractivity contribution in [3.8, 4) is 0 Å². The van der Waals surface area contributed by atoms with Gasteiger partial charge in [-0.25, -0.2) is 8.42 Å². The highest BCUT2D eigenvalue weighted by molar-refractivity contribution is 8.01. The Bertz CT molecular complexity index is 3740. The Balaban J connectivity index is 1.14. The summed E-state index contributed by atoms with van der Waals surface area (Å²) in [4.78, 5) is 201. The molecule has 2 bridgehead atoms. The van der Waals surface area contributed by atoms with E-state index in [1.54, 1.807) is 52.0 Å². The second-order valence-electron chi connectivity index (χ2n) is 27.8. The van der Waals surface area contributed by atoms with Crippen LogP contribution in [-0.4, -0.2) is 212 Å². The summed E-state index contributed by atoms with van der Waals surface area (Å²) >= 11 is 1.38. The molecule has 0 saturated carbocycles. The van der Waals surface area contributed by atoms with E-state index in [1.807, 2.05) is 20.8 Å². The normalized spacial score (nSPS) is 24.7. The maximum atomic E-state index is 15.1. The third kappa shape index (κ3) is 20.6. The van der Waals surface area contributed by atoms with Gasteiger partial charge >= 0.3 is 0 Å². The summed E-state index contributed by atoms with van der Waals surface area (Å²) in [7, 11) is -4.89. The first-order valence-corrected chi connectivity index (χ1v) is 36.1. The number of likely N-dealkylation sites (tertiary alicyclic amines) is 1. The van der Waals surface area contributed by atoms with Gasteiger partial charge in [0.25, 0.3) is 0 Å². The Morgan fingerprint density at radius 1 is 0.770 bits per heavy atom. The molecule has 2 saturated heterocycles. The lowest BCUT2D eigenvalue weighted by atomic mass is 9.85. The summed E-state index contributed by atoms with van der Waals surface area (Å²) in [5.74, 6) is -18.9. The monoisotopic (exact) mass is 1430 g/mol. The second-order valence-corrected chi connectivity index (χ2v) is 31.8. The number of fused-ring (bicyclic) bond motifs is 5. The Morgan fingerprint density at radius 3 is 2.08 bits per heavy atom. The predicted octanol–water partition coefficient (Wildman–Crippen LogP) is -0.224. The quantitative estimate of drug-likeness (QED) is 0.0651. The number of imide groups is 1. The van der Waals surface area contributed by atoms with Crippen LogP contribution in [0, 0.1) is 35.5 Å². The number of carbonyl (C=O) groups is 14. The number of thioether (sulfide) groups is 1. The van der Waals surface area contributed by atoms with Crippen LogP contribution in [0.1, 0.15) is 125 Å². The predicted molar refractivity (Wildman–Crippen MR) is 364 cm³/mol. The SMILES string of the molecule is CC[C@H](C)[C@@H]1NC(=O)CNC(=O)[C@H]2CC(=O)[C@H]([C@@H](C)[C@@H](O)CO)NC(=O)[C@@H]3C[C@@H](O)CN3C(=O)[C@H](CC(=O)NCc3ccc(NC(=O)[C@H](C)CC(=O)[C@@H](NC(=O)CCN4C(=O)CC(SC(C)(C)C)C4=O)C(C)C)cc3)CC(=O)[C@H](CS(=O)(=O)c3[nH]c4ccccc4c3C2)NC(=O)CNC1=O. The van der Waals surface area contributed by atoms with Gasteiger partial charge in [0, 0.05) is 104 Å². The molecule has 12 N–H and O–H groups in total. The molecule has 2 aromatic carbocycles. The number of rotatable bonds is 20. The number of aliphatic hydroxyl groups is 3. The summed E-state index contributed by atoms with van der Waals surface area (Å²) in [5, 5.41) is 51.9. The first-order valence-electron chi connectivity index (χ1n) is 33.6. The van der Waals surface area contributed by atoms with Crippen molar-refractivity contribution in [2.75, 3.05) is 43.9 Å². The number of anilines is 1. The lowest BCUT2D eigenvalue weighted by Crippen LogP contribution is -2.56. The van der Waals surface area contributed by atoms with Gasteiger partial charge in [-0.2, -0.15) is 0 Å². The van der Waals surface area contributed by atoms with E-state index in [9.17, 15) is 72.9 Å². The molecule has 30 nitrogen and oxygen atoms in total. The van der Waals surface area contributed by atoms with E-state index >= 15 is 18.0 Å². The van der Waals surface area contributed by atoms with Gasteiger partial charge in [0.05, 0.1) is 60.9 Å². The minimum atomic E-state index is -4.89. The van der Waals surface area contributed by atoms with Crippen LogP contribution in [0.15, 0.2) is 53.6 Å². The van der Waals surface area contributed by atoms with Crippen LogP contribution < -0.4 is 42.5 Å². The van der Waals surface area contributed by atoms with E-state index in [-0.39, 0.29) is 77.0 Å². The van der Waals surface area contributed by atoms with Gasteiger partial charge in [-0.3, -0.25) is 72.0 Å². The molecule has 4 aliphatic rings. The zero-order chi connectivity index (χ0) is 73.8. The molecule has 546 valence electrons. The summed E-state index contributed by atoms with van der Waals surface area (Å²) in [6.45, 7) is 11.9. The first-order chi connectivity index (χ1) is 47.0. The first kappa shape index (κ1) is 78.9. The van der Waals surface area contributed by atoms with Gasteiger partial charge in [-0.15, -0.1) is 11.8 Å². The summed E-state index contributed by atoms with van der Waals surface area (Å²) in [5.41, 5.74) is 0.874. The van der Waals surface area contributed by atoms with Gasteiger partial charge in [0.15, 0.2) is 27.2 Å². The number of amides is 11. The van der Waals surface area contributed by atoms with Crippen molar-refractivity contribution in [2.24, 2.45) is 35.5 Å². The van der Waals surface area contributed by atoms with Crippen molar-refractivity contribution < 1.29 is 90.9 Å². The highest BCUT2D eigenvalue weighted by atomic mass is 32.2. The number of hydrogen-bond acceptors (Lipinski definition) is 20. The summed E-state index contributed by atoms with van der Waals surface area (Å²) in [6, 6.07) is 4.53. The molecule has 0 spiro atoms. The third-order valence-electron chi connectivity index (χ3n) is 18.4. The van der Waals surface area contributed by atoms with Crippen LogP contribution in [0.4, 0.5) is 5.69 Å². The highest BCUT2D eigenvalue weighted by Crippen LogP contribution is 2.36. The summed E-state index contributed by atoms with van der Waals surface area (Å²) < 4.78 is 30.0. The number of H-pyrrole nitrogens is 1. The van der Waals surface area contributed by atoms with Crippen LogP contribution in [-0.2, 0) is 89.9 Å². The molecule has 3 aromatic rings. The van der Waals surface area contributed by atoms with E-state index in [2.05, 4.69) is 47.5 Å². The minimum Gasteiger partial charge on any atom is -0.394 e. The molecule has 5 heterocycles. The number of nitrogens with zero attached hydrogens (tertiary/aromatic N) is 2. The standard InChI is InChI=1S/C68H93N11O19S2/c1-10-35(4)59-64(94)71-29-55(88)73-46-33-100(97,98)65-44(43-13-11-12-14-45(43)74-65)22-39(62(92)70-30-56(89)76-59)23-50(84)60(37(6)51(85)32-80)77-63(93)47-26-42(81)31-79(47)66(95)40(24-48(46)82)25-54(87)69-28-38-15-17-41(18-16-38)72-61(91)36(5)21-49(83)58(34(2)3)75-53(86)19-20-78-57(90)27-52(67(78)96)99-68(7,8)9/h11-18,34-37,39-40,42,46-47,51-52,58-60,74,80-81,85H,10,19-33H2,1-9H3,(H,69,87)(H,70,92)(H,71,94)(H,72,91)(H,73,88)(H,75,86)(H,76,89)(H,77,93)/t35-,36+,37-,39+,40-,42+,46-,47-,51-,52?,58-,59-,60-/m0/s1. The number of aliphatic hydroxyl groups excluding tert-OH is 3. The molecule has 0 aliphatic carbocycles. The topological polar surface area (TPSA) is 452 Å². The van der Waals surface area contributed by atoms with Gasteiger partial charge in [0.2, 0.25) is 65.0 Å². The Morgan fingerprint density at radius 2 is 1.43 bits per heavy atom. The molecule has 2 fully saturated rings. The van der Waals surface area contributed by atoms with Crippen molar-refractivity contribution in [1.82, 2.24) is 52.0 Å². The zero-order valence-corrected chi connectivity index (χ0v) is 59.2. The third-order valence-corrected chi connectivity index (χ3v) is 21.5. The molecule has 0 radical (unpaired) electrons. The molecule has 32 heteroatoms. The maximum absolute atomic E-state index is 15.1. The van der Waals surface area contributed by atoms with Gasteiger partial charge in [0.1, 0.15) is 23.2 Å². The number of aromatic amines is 1. The maximum Gasteiger partial charge on any atom is 0.243 e. The van der Waals surface area contributed by atoms with Crippen LogP contribution in [0.5, 0.6) is 0 Å². The number of hydrogen-bond donors (Lipinski definition) is 12. The van der Waals surface area contributed by atoms with Gasteiger partial charge < -0.3 is 67.7 Å². The Kier molecular flexibility index (Phi) is 27.0. The van der Waals surface area contributed by atoms with Crippen molar-refractivity contribution in [2.45, 2.75) is 184 Å². The van der Waals surface area contributed by atoms with E-state index in [0.717, 1.165) is 9.80 Å². The van der Waals surface area contributed by atoms with Crippen LogP contribution >= 0.6 is 11.8 Å². The Labute approximate surface area is 583 Å². The van der Waals surface area contributed by atoms with Crippen molar-refractivity contribution >= 4 is 121 Å². The number of sulfone groups is 1. The minimum absolute atomic E-state index is 0.0280. The fraction of sp³-hybridized carbons (Fsp3) is 0.588. The Hall–Kier alpha value is -8.46. The van der Waals surface area contributed by atoms with E-state index in [1.165, 1.54) is 49.9 Å². The fourth-order valence-corrected chi connectivity index (χ4v) is 15.6. The van der Waals surface area contributed by atoms with Gasteiger partial charge in [-0.05, 0) is 47.6 Å². The van der Waals surface area contributed by atoms with E-state index in [0.29, 0.717) is 12.0 Å². The summed E-state index contributed by atoms with van der Waals surface area (Å²) in [6.07, 6.45) is -6.94. The molecule has 11 amide bonds.